The lowest BCUT2D eigenvalue weighted by atomic mass is 10.2. The molecule has 0 aliphatic rings. The van der Waals surface area contributed by atoms with Crippen LogP contribution in [0.15, 0.2) is 91.0 Å². The summed E-state index contributed by atoms with van der Waals surface area (Å²) in [4.78, 5) is 48.3. The van der Waals surface area contributed by atoms with Crippen molar-refractivity contribution in [2.45, 2.75) is 51.6 Å². The quantitative estimate of drug-likeness (QED) is 0.107. The number of rotatable bonds is 19. The van der Waals surface area contributed by atoms with E-state index in [0.29, 0.717) is 12.8 Å². The first-order chi connectivity index (χ1) is 22.0. The van der Waals surface area contributed by atoms with Gasteiger partial charge in [-0.05, 0) is 29.5 Å². The predicted octanol–water partition coefficient (Wildman–Crippen LogP) is 5.07. The molecule has 2 N–H and O–H groups in total. The number of ether oxygens (including phenoxy) is 5. The van der Waals surface area contributed by atoms with Gasteiger partial charge in [0.25, 0.3) is 0 Å². The summed E-state index contributed by atoms with van der Waals surface area (Å²) in [5.41, 5.74) is 2.69. The van der Waals surface area contributed by atoms with Crippen molar-refractivity contribution in [2.24, 2.45) is 0 Å². The van der Waals surface area contributed by atoms with E-state index < -0.39 is 18.3 Å². The summed E-state index contributed by atoms with van der Waals surface area (Å²) in [6.45, 7) is 0.710. The van der Waals surface area contributed by atoms with Crippen LogP contribution in [0.1, 0.15) is 42.4 Å². The number of esters is 2. The van der Waals surface area contributed by atoms with Crippen molar-refractivity contribution < 1.29 is 42.9 Å². The van der Waals surface area contributed by atoms with Crippen LogP contribution in [0.4, 0.5) is 9.59 Å². The Labute approximate surface area is 263 Å². The molecule has 0 aromatic heterocycles. The maximum atomic E-state index is 12.2. The van der Waals surface area contributed by atoms with E-state index in [-0.39, 0.29) is 70.9 Å². The van der Waals surface area contributed by atoms with E-state index in [1.165, 1.54) is 0 Å². The van der Waals surface area contributed by atoms with Crippen LogP contribution in [0, 0.1) is 0 Å². The molecule has 3 rings (SSSR count). The third-order valence-electron chi connectivity index (χ3n) is 6.27. The summed E-state index contributed by atoms with van der Waals surface area (Å²) in [6.07, 6.45) is -1.06. The average molecular weight is 621 g/mol. The van der Waals surface area contributed by atoms with Crippen molar-refractivity contribution in [2.75, 3.05) is 26.3 Å². The van der Waals surface area contributed by atoms with Gasteiger partial charge in [0, 0.05) is 25.9 Å². The van der Waals surface area contributed by atoms with Crippen molar-refractivity contribution in [1.29, 1.82) is 0 Å². The maximum absolute atomic E-state index is 12.2. The normalized spacial score (nSPS) is 10.5. The number of hydrogen-bond acceptors (Lipinski definition) is 9. The minimum atomic E-state index is -0.734. The van der Waals surface area contributed by atoms with Gasteiger partial charge in [-0.3, -0.25) is 9.59 Å². The molecule has 0 bridgehead atoms. The standard InChI is InChI=1S/C34H40N2O9/c37-31(42-23-28-14-6-2-7-15-28)18-10-20-35-33(39)44-25-30(41-22-27-12-4-1-5-13-27)26-45-34(40)36-21-11-19-32(38)43-24-29-16-8-3-9-17-29/h1-9,12-17,30H,10-11,18-26H2,(H,35,39)(H,36,40). The Morgan fingerprint density at radius 2 is 0.889 bits per heavy atom. The van der Waals surface area contributed by atoms with Gasteiger partial charge in [0.05, 0.1) is 6.61 Å². The third kappa shape index (κ3) is 15.9. The summed E-state index contributed by atoms with van der Waals surface area (Å²) in [5, 5.41) is 5.17. The number of carbonyl (C=O) groups excluding carboxylic acids is 4. The molecule has 0 aliphatic heterocycles. The predicted molar refractivity (Wildman–Crippen MR) is 165 cm³/mol. The van der Waals surface area contributed by atoms with E-state index in [0.717, 1.165) is 16.7 Å². The number of carbonyl (C=O) groups is 4. The van der Waals surface area contributed by atoms with Crippen LogP contribution < -0.4 is 10.6 Å². The summed E-state index contributed by atoms with van der Waals surface area (Å²) in [7, 11) is 0. The smallest absolute Gasteiger partial charge is 0.407 e. The monoisotopic (exact) mass is 620 g/mol. The van der Waals surface area contributed by atoms with Crippen molar-refractivity contribution in [3.05, 3.63) is 108 Å². The molecule has 11 heteroatoms. The average Bonchev–Trinajstić information content (AvgIpc) is 3.07. The lowest BCUT2D eigenvalue weighted by molar-refractivity contribution is -0.145. The molecule has 3 aromatic carbocycles. The Balaban J connectivity index is 1.30. The van der Waals surface area contributed by atoms with Crippen LogP contribution in [0.5, 0.6) is 0 Å². The van der Waals surface area contributed by atoms with Crippen molar-refractivity contribution >= 4 is 24.1 Å². The van der Waals surface area contributed by atoms with Gasteiger partial charge in [0.15, 0.2) is 0 Å². The molecule has 2 amide bonds. The van der Waals surface area contributed by atoms with Gasteiger partial charge in [0.1, 0.15) is 32.5 Å². The molecule has 0 saturated carbocycles. The second-order valence-corrected chi connectivity index (χ2v) is 9.97. The van der Waals surface area contributed by atoms with Crippen LogP contribution in [0.2, 0.25) is 0 Å². The minimum Gasteiger partial charge on any atom is -0.461 e. The van der Waals surface area contributed by atoms with Crippen molar-refractivity contribution in [3.8, 4) is 0 Å². The molecule has 0 heterocycles. The highest BCUT2D eigenvalue weighted by Gasteiger charge is 2.16. The zero-order valence-corrected chi connectivity index (χ0v) is 25.2. The third-order valence-corrected chi connectivity index (χ3v) is 6.27. The summed E-state index contributed by atoms with van der Waals surface area (Å²) < 4.78 is 26.8. The second-order valence-electron chi connectivity index (χ2n) is 9.97. The van der Waals surface area contributed by atoms with Crippen LogP contribution in [-0.2, 0) is 53.1 Å². The number of hydrogen-bond donors (Lipinski definition) is 2. The van der Waals surface area contributed by atoms with Crippen LogP contribution >= 0.6 is 0 Å². The Bertz CT molecular complexity index is 1210. The Hall–Kier alpha value is -4.90. The van der Waals surface area contributed by atoms with E-state index in [1.54, 1.807) is 0 Å². The zero-order valence-electron chi connectivity index (χ0n) is 25.2. The molecule has 0 saturated heterocycles. The molecular formula is C34H40N2O9. The van der Waals surface area contributed by atoms with Crippen LogP contribution in [0.25, 0.3) is 0 Å². The van der Waals surface area contributed by atoms with E-state index >= 15 is 0 Å². The van der Waals surface area contributed by atoms with Crippen LogP contribution in [-0.4, -0.2) is 56.5 Å². The SMILES string of the molecule is O=C(CCCNC(=O)OCC(COC(=O)NCCCC(=O)OCc1ccccc1)OCc1ccccc1)OCc1ccccc1. The molecule has 0 fully saturated rings. The fourth-order valence-electron chi connectivity index (χ4n) is 3.84. The second kappa shape index (κ2) is 20.9. The van der Waals surface area contributed by atoms with Gasteiger partial charge in [-0.1, -0.05) is 91.0 Å². The first kappa shape index (κ1) is 34.6. The molecule has 3 aromatic rings. The largest absolute Gasteiger partial charge is 0.461 e. The molecule has 0 aliphatic carbocycles. The number of alkyl carbamates (subject to hydrolysis) is 2. The van der Waals surface area contributed by atoms with E-state index in [9.17, 15) is 19.2 Å². The summed E-state index contributed by atoms with van der Waals surface area (Å²) >= 11 is 0. The van der Waals surface area contributed by atoms with Gasteiger partial charge < -0.3 is 34.3 Å². The highest BCUT2D eigenvalue weighted by Crippen LogP contribution is 2.07. The molecule has 0 unspecified atom stereocenters. The van der Waals surface area contributed by atoms with Crippen molar-refractivity contribution in [3.63, 3.8) is 0 Å². The van der Waals surface area contributed by atoms with Gasteiger partial charge in [-0.2, -0.15) is 0 Å². The highest BCUT2D eigenvalue weighted by atomic mass is 16.6. The lowest BCUT2D eigenvalue weighted by Gasteiger charge is -2.18. The van der Waals surface area contributed by atoms with E-state index in [4.69, 9.17) is 23.7 Å². The van der Waals surface area contributed by atoms with Gasteiger partial charge in [-0.15, -0.1) is 0 Å². The fraction of sp³-hybridized carbons (Fsp3) is 0.353. The maximum Gasteiger partial charge on any atom is 0.407 e. The Morgan fingerprint density at radius 3 is 1.29 bits per heavy atom. The number of amides is 2. The number of nitrogens with one attached hydrogen (secondary N) is 2. The Morgan fingerprint density at radius 1 is 0.511 bits per heavy atom. The number of benzene rings is 3. The van der Waals surface area contributed by atoms with Crippen LogP contribution in [0.3, 0.4) is 0 Å². The molecule has 11 nitrogen and oxygen atoms in total. The minimum absolute atomic E-state index is 0.147. The highest BCUT2D eigenvalue weighted by molar-refractivity contribution is 5.70. The molecule has 0 radical (unpaired) electrons. The Kier molecular flexibility index (Phi) is 16.1. The molecule has 45 heavy (non-hydrogen) atoms. The van der Waals surface area contributed by atoms with Gasteiger partial charge >= 0.3 is 24.1 Å². The fourth-order valence-corrected chi connectivity index (χ4v) is 3.84. The lowest BCUT2D eigenvalue weighted by Crippen LogP contribution is -2.34. The molecule has 0 atom stereocenters. The first-order valence-corrected chi connectivity index (χ1v) is 14.8. The van der Waals surface area contributed by atoms with E-state index in [2.05, 4.69) is 10.6 Å². The topological polar surface area (TPSA) is 138 Å². The van der Waals surface area contributed by atoms with Gasteiger partial charge in [0.2, 0.25) is 0 Å². The molecular weight excluding hydrogens is 580 g/mol. The molecule has 240 valence electrons. The first-order valence-electron chi connectivity index (χ1n) is 14.8. The molecule has 0 spiro atoms. The van der Waals surface area contributed by atoms with Gasteiger partial charge in [-0.25, -0.2) is 9.59 Å². The zero-order chi connectivity index (χ0) is 32.0. The van der Waals surface area contributed by atoms with E-state index in [1.807, 2.05) is 91.0 Å². The summed E-state index contributed by atoms with van der Waals surface area (Å²) in [6, 6.07) is 28.1. The summed E-state index contributed by atoms with van der Waals surface area (Å²) in [5.74, 6) is -0.719. The van der Waals surface area contributed by atoms with Crippen molar-refractivity contribution in [1.82, 2.24) is 10.6 Å².